The van der Waals surface area contributed by atoms with Crippen LogP contribution in [-0.4, -0.2) is 15.8 Å². The van der Waals surface area contributed by atoms with Crippen molar-refractivity contribution < 1.29 is 4.79 Å². The van der Waals surface area contributed by atoms with Crippen LogP contribution < -0.4 is 5.56 Å². The van der Waals surface area contributed by atoms with E-state index in [9.17, 15) is 9.59 Å². The van der Waals surface area contributed by atoms with Crippen molar-refractivity contribution in [2.45, 2.75) is 0 Å². The maximum Gasteiger partial charge on any atom is 0.248 e. The number of carbonyl (C=O) groups is 1. The van der Waals surface area contributed by atoms with Crippen molar-refractivity contribution >= 4 is 16.7 Å². The molecule has 3 aromatic rings. The van der Waals surface area contributed by atoms with Gasteiger partial charge in [0.2, 0.25) is 11.3 Å². The minimum absolute atomic E-state index is 0.190. The average Bonchev–Trinajstić information content (AvgIpc) is 2.82. The van der Waals surface area contributed by atoms with Crippen LogP contribution >= 0.6 is 0 Å². The van der Waals surface area contributed by atoms with Crippen LogP contribution in [0.15, 0.2) is 53.5 Å². The molecule has 0 bridgehead atoms. The summed E-state index contributed by atoms with van der Waals surface area (Å²) in [6.07, 6.45) is 1.66. The van der Waals surface area contributed by atoms with Crippen LogP contribution in [0.1, 0.15) is 16.1 Å². The van der Waals surface area contributed by atoms with E-state index in [4.69, 9.17) is 0 Å². The van der Waals surface area contributed by atoms with E-state index in [2.05, 4.69) is 9.97 Å². The van der Waals surface area contributed by atoms with Gasteiger partial charge in [0.25, 0.3) is 0 Å². The van der Waals surface area contributed by atoms with Gasteiger partial charge in [0.1, 0.15) is 0 Å². The summed E-state index contributed by atoms with van der Waals surface area (Å²) >= 11 is 0. The Balaban J connectivity index is 2.15. The van der Waals surface area contributed by atoms with Gasteiger partial charge in [0, 0.05) is 28.7 Å². The summed E-state index contributed by atoms with van der Waals surface area (Å²) < 4.78 is 0. The summed E-state index contributed by atoms with van der Waals surface area (Å²) in [4.78, 5) is 29.1. The lowest BCUT2D eigenvalue weighted by atomic mass is 10.1. The number of rotatable bonds is 2. The molecule has 0 spiro atoms. The van der Waals surface area contributed by atoms with Gasteiger partial charge in [-0.3, -0.25) is 9.59 Å². The lowest BCUT2D eigenvalue weighted by molar-refractivity contribution is 0.103. The normalized spacial score (nSPS) is 10.7. The molecule has 2 N–H and O–H groups in total. The second-order valence-corrected chi connectivity index (χ2v) is 4.01. The number of hydrogen-bond acceptors (Lipinski definition) is 2. The van der Waals surface area contributed by atoms with Crippen molar-refractivity contribution in [3.8, 4) is 0 Å². The molecular formula is C14H10N2O2. The molecule has 3 rings (SSSR count). The molecule has 0 amide bonds. The average molecular weight is 238 g/mol. The maximum atomic E-state index is 12.3. The highest BCUT2D eigenvalue weighted by Crippen LogP contribution is 2.19. The quantitative estimate of drug-likeness (QED) is 0.671. The van der Waals surface area contributed by atoms with Crippen molar-refractivity contribution in [1.82, 2.24) is 9.97 Å². The van der Waals surface area contributed by atoms with Gasteiger partial charge in [0.05, 0.1) is 5.69 Å². The van der Waals surface area contributed by atoms with Crippen molar-refractivity contribution in [1.29, 1.82) is 0 Å². The Bertz CT molecular complexity index is 783. The molecule has 18 heavy (non-hydrogen) atoms. The minimum atomic E-state index is -0.277. The molecule has 2 heterocycles. The zero-order chi connectivity index (χ0) is 12.5. The predicted octanol–water partition coefficient (Wildman–Crippen LogP) is 2.09. The van der Waals surface area contributed by atoms with Crippen LogP contribution in [0, 0.1) is 0 Å². The number of benzene rings is 1. The first kappa shape index (κ1) is 10.5. The van der Waals surface area contributed by atoms with Crippen molar-refractivity contribution in [2.75, 3.05) is 0 Å². The number of carbonyl (C=O) groups excluding carboxylic acids is 1. The first-order valence-corrected chi connectivity index (χ1v) is 5.56. The first-order chi connectivity index (χ1) is 8.75. The van der Waals surface area contributed by atoms with E-state index in [0.717, 1.165) is 10.9 Å². The van der Waals surface area contributed by atoms with Crippen LogP contribution in [0.5, 0.6) is 0 Å². The number of nitrogens with one attached hydrogen (secondary N) is 2. The van der Waals surface area contributed by atoms with Crippen molar-refractivity contribution in [3.05, 3.63) is 70.3 Å². The number of ketones is 1. The number of fused-ring (bicyclic) bond motifs is 1. The highest BCUT2D eigenvalue weighted by atomic mass is 16.1. The van der Waals surface area contributed by atoms with Gasteiger partial charge in [-0.1, -0.05) is 24.3 Å². The minimum Gasteiger partial charge on any atom is -0.360 e. The Hall–Kier alpha value is -2.62. The summed E-state index contributed by atoms with van der Waals surface area (Å²) in [6, 6.07) is 12.1. The lowest BCUT2D eigenvalue weighted by Crippen LogP contribution is -2.11. The van der Waals surface area contributed by atoms with Gasteiger partial charge >= 0.3 is 0 Å². The fraction of sp³-hybridized carbons (Fsp3) is 0. The van der Waals surface area contributed by atoms with E-state index in [1.54, 1.807) is 18.3 Å². The van der Waals surface area contributed by atoms with Crippen LogP contribution in [-0.2, 0) is 0 Å². The molecule has 4 heteroatoms. The maximum absolute atomic E-state index is 12.3. The fourth-order valence-electron chi connectivity index (χ4n) is 1.98. The van der Waals surface area contributed by atoms with E-state index in [0.29, 0.717) is 11.3 Å². The highest BCUT2D eigenvalue weighted by molar-refractivity contribution is 6.15. The SMILES string of the molecule is O=C(c1cccc(=O)[nH]1)c1c[nH]c2ccccc12. The van der Waals surface area contributed by atoms with Gasteiger partial charge < -0.3 is 9.97 Å². The standard InChI is InChI=1S/C14H10N2O2/c17-13-7-3-6-12(16-13)14(18)10-8-15-11-5-2-1-4-9(10)11/h1-8,15H,(H,16,17). The third kappa shape index (κ3) is 1.64. The zero-order valence-electron chi connectivity index (χ0n) is 9.44. The van der Waals surface area contributed by atoms with Gasteiger partial charge in [-0.15, -0.1) is 0 Å². The largest absolute Gasteiger partial charge is 0.360 e. The van der Waals surface area contributed by atoms with Crippen LogP contribution in [0.25, 0.3) is 10.9 Å². The van der Waals surface area contributed by atoms with E-state index in [1.807, 2.05) is 24.3 Å². The van der Waals surface area contributed by atoms with Gasteiger partial charge in [0.15, 0.2) is 0 Å². The molecule has 88 valence electrons. The number of para-hydroxylation sites is 1. The Kier molecular flexibility index (Phi) is 2.34. The molecule has 0 saturated heterocycles. The van der Waals surface area contributed by atoms with Crippen LogP contribution in [0.3, 0.4) is 0 Å². The predicted molar refractivity (Wildman–Crippen MR) is 68.8 cm³/mol. The summed E-state index contributed by atoms with van der Waals surface area (Å²) in [5, 5.41) is 0.854. The molecule has 0 aliphatic rings. The number of aromatic amines is 2. The summed E-state index contributed by atoms with van der Waals surface area (Å²) in [5.41, 5.74) is 1.49. The second kappa shape index (κ2) is 4.00. The highest BCUT2D eigenvalue weighted by Gasteiger charge is 2.14. The fourth-order valence-corrected chi connectivity index (χ4v) is 1.98. The van der Waals surface area contributed by atoms with E-state index < -0.39 is 0 Å². The van der Waals surface area contributed by atoms with E-state index >= 15 is 0 Å². The summed E-state index contributed by atoms with van der Waals surface area (Å²) in [6.45, 7) is 0. The number of pyridine rings is 1. The monoisotopic (exact) mass is 238 g/mol. The summed E-state index contributed by atoms with van der Waals surface area (Å²) in [7, 11) is 0. The van der Waals surface area contributed by atoms with Gasteiger partial charge in [-0.25, -0.2) is 0 Å². The molecule has 0 aliphatic carbocycles. The van der Waals surface area contributed by atoms with Crippen molar-refractivity contribution in [3.63, 3.8) is 0 Å². The van der Waals surface area contributed by atoms with Crippen molar-refractivity contribution in [2.24, 2.45) is 0 Å². The summed E-state index contributed by atoms with van der Waals surface area (Å²) in [5.74, 6) is -0.190. The van der Waals surface area contributed by atoms with Gasteiger partial charge in [-0.2, -0.15) is 0 Å². The molecule has 0 unspecified atom stereocenters. The molecule has 4 nitrogen and oxygen atoms in total. The molecule has 1 aromatic carbocycles. The molecular weight excluding hydrogens is 228 g/mol. The molecule has 0 saturated carbocycles. The number of hydrogen-bond donors (Lipinski definition) is 2. The zero-order valence-corrected chi connectivity index (χ0v) is 9.44. The second-order valence-electron chi connectivity index (χ2n) is 4.01. The molecule has 2 aromatic heterocycles. The molecule has 0 atom stereocenters. The molecule has 0 fully saturated rings. The Morgan fingerprint density at radius 1 is 1.00 bits per heavy atom. The molecule has 0 aliphatic heterocycles. The van der Waals surface area contributed by atoms with E-state index in [-0.39, 0.29) is 11.3 Å². The third-order valence-corrected chi connectivity index (χ3v) is 2.85. The topological polar surface area (TPSA) is 65.7 Å². The number of H-pyrrole nitrogens is 2. The smallest absolute Gasteiger partial charge is 0.248 e. The lowest BCUT2D eigenvalue weighted by Gasteiger charge is -1.98. The third-order valence-electron chi connectivity index (χ3n) is 2.85. The van der Waals surface area contributed by atoms with Crippen LogP contribution in [0.4, 0.5) is 0 Å². The first-order valence-electron chi connectivity index (χ1n) is 5.56. The Morgan fingerprint density at radius 2 is 1.83 bits per heavy atom. The Morgan fingerprint density at radius 3 is 2.67 bits per heavy atom. The molecule has 0 radical (unpaired) electrons. The van der Waals surface area contributed by atoms with Gasteiger partial charge in [-0.05, 0) is 12.1 Å². The number of aromatic nitrogens is 2. The van der Waals surface area contributed by atoms with Crippen LogP contribution in [0.2, 0.25) is 0 Å². The van der Waals surface area contributed by atoms with E-state index in [1.165, 1.54) is 6.07 Å². The Labute approximate surface area is 102 Å².